The summed E-state index contributed by atoms with van der Waals surface area (Å²) < 4.78 is 9.14. The first-order chi connectivity index (χ1) is 22.3. The average molecular weight is 638 g/mol. The summed E-state index contributed by atoms with van der Waals surface area (Å²) in [7, 11) is 5.72. The van der Waals surface area contributed by atoms with Crippen molar-refractivity contribution in [2.75, 3.05) is 32.1 Å². The maximum Gasteiger partial charge on any atom is 0.270 e. The summed E-state index contributed by atoms with van der Waals surface area (Å²) >= 11 is 6.72. The Hall–Kier alpha value is -4.77. The van der Waals surface area contributed by atoms with E-state index < -0.39 is 11.9 Å². The van der Waals surface area contributed by atoms with E-state index in [9.17, 15) is 9.59 Å². The molecule has 6 rings (SSSR count). The smallest absolute Gasteiger partial charge is 0.270 e. The van der Waals surface area contributed by atoms with Crippen molar-refractivity contribution in [3.8, 4) is 22.4 Å². The Labute approximate surface area is 273 Å². The van der Waals surface area contributed by atoms with Gasteiger partial charge in [0.2, 0.25) is 5.91 Å². The van der Waals surface area contributed by atoms with E-state index in [1.54, 1.807) is 31.8 Å². The Morgan fingerprint density at radius 1 is 1.00 bits per heavy atom. The van der Waals surface area contributed by atoms with Gasteiger partial charge in [-0.2, -0.15) is 5.10 Å². The first-order valence-corrected chi connectivity index (χ1v) is 15.5. The molecule has 0 radical (unpaired) electrons. The molecule has 1 fully saturated rings. The second kappa shape index (κ2) is 13.7. The lowest BCUT2D eigenvalue weighted by Gasteiger charge is -2.32. The molecule has 0 bridgehead atoms. The number of anilines is 1. The molecule has 5 aromatic rings. The SMILES string of the molecule is CN1CCOC[C@@H]1c1cccc(-c2ccc(Cl)c(C[C@H](NC(=O)c3ccnn3C)C(=O)Nc3ccc(-c4cncn4C)cc3)c2)c1. The van der Waals surface area contributed by atoms with Gasteiger partial charge in [-0.25, -0.2) is 4.98 Å². The molecule has 236 valence electrons. The number of aryl methyl sites for hydroxylation is 2. The highest BCUT2D eigenvalue weighted by atomic mass is 35.5. The van der Waals surface area contributed by atoms with E-state index in [2.05, 4.69) is 50.9 Å². The van der Waals surface area contributed by atoms with E-state index in [1.807, 2.05) is 60.1 Å². The average Bonchev–Trinajstić information content (AvgIpc) is 3.70. The number of hydrogen-bond acceptors (Lipinski definition) is 6. The van der Waals surface area contributed by atoms with Crippen molar-refractivity contribution < 1.29 is 14.3 Å². The third kappa shape index (κ3) is 6.89. The van der Waals surface area contributed by atoms with Crippen LogP contribution in [0.25, 0.3) is 22.4 Å². The summed E-state index contributed by atoms with van der Waals surface area (Å²) in [5.74, 6) is -0.780. The Balaban J connectivity index is 1.26. The summed E-state index contributed by atoms with van der Waals surface area (Å²) in [5.41, 5.74) is 6.76. The molecule has 3 aromatic carbocycles. The zero-order valence-electron chi connectivity index (χ0n) is 26.0. The van der Waals surface area contributed by atoms with Crippen LogP contribution < -0.4 is 10.6 Å². The van der Waals surface area contributed by atoms with Crippen molar-refractivity contribution >= 4 is 29.1 Å². The second-order valence-electron chi connectivity index (χ2n) is 11.5. The van der Waals surface area contributed by atoms with Crippen LogP contribution in [0.5, 0.6) is 0 Å². The van der Waals surface area contributed by atoms with E-state index >= 15 is 0 Å². The lowest BCUT2D eigenvalue weighted by molar-refractivity contribution is -0.118. The normalized spacial score (nSPS) is 15.8. The maximum absolute atomic E-state index is 13.8. The predicted octanol–water partition coefficient (Wildman–Crippen LogP) is 5.12. The fourth-order valence-electron chi connectivity index (χ4n) is 5.72. The van der Waals surface area contributed by atoms with Gasteiger partial charge in [-0.15, -0.1) is 0 Å². The van der Waals surface area contributed by atoms with Crippen molar-refractivity contribution in [1.82, 2.24) is 29.5 Å². The van der Waals surface area contributed by atoms with Crippen LogP contribution in [0, 0.1) is 0 Å². The van der Waals surface area contributed by atoms with Gasteiger partial charge in [0.25, 0.3) is 5.91 Å². The second-order valence-corrected chi connectivity index (χ2v) is 11.9. The van der Waals surface area contributed by atoms with Gasteiger partial charge in [-0.1, -0.05) is 48.0 Å². The van der Waals surface area contributed by atoms with Crippen LogP contribution in [0.1, 0.15) is 27.7 Å². The van der Waals surface area contributed by atoms with Gasteiger partial charge in [0.15, 0.2) is 0 Å². The highest BCUT2D eigenvalue weighted by molar-refractivity contribution is 6.31. The van der Waals surface area contributed by atoms with Crippen LogP contribution in [0.3, 0.4) is 0 Å². The molecular weight excluding hydrogens is 602 g/mol. The Morgan fingerprint density at radius 3 is 2.50 bits per heavy atom. The molecule has 1 aliphatic rings. The molecule has 0 saturated carbocycles. The number of nitrogens with zero attached hydrogens (tertiary/aromatic N) is 5. The van der Waals surface area contributed by atoms with E-state index in [4.69, 9.17) is 16.3 Å². The molecule has 11 heteroatoms. The molecule has 2 amide bonds. The van der Waals surface area contributed by atoms with Gasteiger partial charge < -0.3 is 19.9 Å². The number of amides is 2. The van der Waals surface area contributed by atoms with Crippen molar-refractivity contribution in [1.29, 1.82) is 0 Å². The zero-order valence-corrected chi connectivity index (χ0v) is 26.7. The maximum atomic E-state index is 13.8. The third-order valence-electron chi connectivity index (χ3n) is 8.41. The molecular formula is C35H36ClN7O3. The van der Waals surface area contributed by atoms with Gasteiger partial charge >= 0.3 is 0 Å². The number of carbonyl (C=O) groups is 2. The number of morpholine rings is 1. The lowest BCUT2D eigenvalue weighted by atomic mass is 9.96. The van der Waals surface area contributed by atoms with Crippen molar-refractivity contribution in [3.05, 3.63) is 113 Å². The molecule has 3 heterocycles. The fourth-order valence-corrected chi connectivity index (χ4v) is 5.92. The van der Waals surface area contributed by atoms with Crippen LogP contribution in [-0.4, -0.2) is 68.9 Å². The number of aromatic nitrogens is 4. The first kappa shape index (κ1) is 31.2. The summed E-state index contributed by atoms with van der Waals surface area (Å²) in [6.07, 6.45) is 5.24. The molecule has 46 heavy (non-hydrogen) atoms. The van der Waals surface area contributed by atoms with Gasteiger partial charge in [0.05, 0.1) is 37.5 Å². The number of imidazole rings is 1. The van der Waals surface area contributed by atoms with Gasteiger partial charge in [-0.05, 0) is 71.3 Å². The zero-order chi connectivity index (χ0) is 32.2. The van der Waals surface area contributed by atoms with E-state index in [0.717, 1.165) is 41.1 Å². The van der Waals surface area contributed by atoms with Crippen molar-refractivity contribution in [2.24, 2.45) is 14.1 Å². The fraction of sp³-hybridized carbons (Fsp3) is 0.257. The lowest BCUT2D eigenvalue weighted by Crippen LogP contribution is -2.45. The van der Waals surface area contributed by atoms with Crippen molar-refractivity contribution in [2.45, 2.75) is 18.5 Å². The number of hydrogen-bond donors (Lipinski definition) is 2. The first-order valence-electron chi connectivity index (χ1n) is 15.1. The molecule has 2 atom stereocenters. The summed E-state index contributed by atoms with van der Waals surface area (Å²) in [6, 6.07) is 22.5. The number of rotatable bonds is 9. The van der Waals surface area contributed by atoms with Gasteiger partial charge in [0.1, 0.15) is 11.7 Å². The van der Waals surface area contributed by atoms with Crippen LogP contribution >= 0.6 is 11.6 Å². The van der Waals surface area contributed by atoms with Gasteiger partial charge in [-0.3, -0.25) is 19.2 Å². The predicted molar refractivity (Wildman–Crippen MR) is 179 cm³/mol. The highest BCUT2D eigenvalue weighted by Crippen LogP contribution is 2.30. The van der Waals surface area contributed by atoms with Crippen LogP contribution in [0.15, 0.2) is 91.5 Å². The number of halogens is 1. The number of likely N-dealkylation sites (N-methyl/N-ethyl adjacent to an activating group) is 1. The van der Waals surface area contributed by atoms with E-state index in [0.29, 0.717) is 23.0 Å². The number of benzene rings is 3. The molecule has 2 aromatic heterocycles. The standard InChI is InChI=1S/C35H36ClN7O3/c1-41-15-16-46-21-33(41)26-6-4-5-24(17-26)25-9-12-29(36)27(18-25)19-30(40-35(45)31-13-14-38-43(31)3)34(44)39-28-10-7-23(8-11-28)32-20-37-22-42(32)2/h4-14,17-18,20,22,30,33H,15-16,19,21H2,1-3H3,(H,39,44)(H,40,45)/t30-,33+/m0/s1. The van der Waals surface area contributed by atoms with Crippen molar-refractivity contribution in [3.63, 3.8) is 0 Å². The quantitative estimate of drug-likeness (QED) is 0.232. The minimum atomic E-state index is -0.925. The Kier molecular flexibility index (Phi) is 9.30. The third-order valence-corrected chi connectivity index (χ3v) is 8.78. The summed E-state index contributed by atoms with van der Waals surface area (Å²) in [4.78, 5) is 33.5. The summed E-state index contributed by atoms with van der Waals surface area (Å²) in [5, 5.41) is 10.5. The monoisotopic (exact) mass is 637 g/mol. The molecule has 10 nitrogen and oxygen atoms in total. The minimum absolute atomic E-state index is 0.175. The van der Waals surface area contributed by atoms with E-state index in [1.165, 1.54) is 10.2 Å². The molecule has 1 aliphatic heterocycles. The highest BCUT2D eigenvalue weighted by Gasteiger charge is 2.25. The molecule has 0 spiro atoms. The number of nitrogens with one attached hydrogen (secondary N) is 2. The van der Waals surface area contributed by atoms with Crippen LogP contribution in [-0.2, 0) is 30.0 Å². The number of carbonyl (C=O) groups excluding carboxylic acids is 2. The van der Waals surface area contributed by atoms with Crippen LogP contribution in [0.4, 0.5) is 5.69 Å². The van der Waals surface area contributed by atoms with Crippen LogP contribution in [0.2, 0.25) is 5.02 Å². The van der Waals surface area contributed by atoms with Gasteiger partial charge in [0, 0.05) is 44.0 Å². The Bertz CT molecular complexity index is 1850. The minimum Gasteiger partial charge on any atom is -0.378 e. The molecule has 0 aliphatic carbocycles. The molecule has 0 unspecified atom stereocenters. The molecule has 2 N–H and O–H groups in total. The largest absolute Gasteiger partial charge is 0.378 e. The molecule has 1 saturated heterocycles. The topological polar surface area (TPSA) is 106 Å². The van der Waals surface area contributed by atoms with E-state index in [-0.39, 0.29) is 18.4 Å². The summed E-state index contributed by atoms with van der Waals surface area (Å²) in [6.45, 7) is 2.25. The Morgan fingerprint density at radius 2 is 1.78 bits per heavy atom. The number of ether oxygens (including phenoxy) is 1.